The smallest absolute Gasteiger partial charge is 0.330 e. The molecule has 0 unspecified atom stereocenters. The summed E-state index contributed by atoms with van der Waals surface area (Å²) in [6.07, 6.45) is 4.92. The molecule has 0 aromatic carbocycles. The Morgan fingerprint density at radius 1 is 1.53 bits per heavy atom. The van der Waals surface area contributed by atoms with E-state index in [0.29, 0.717) is 37.2 Å². The summed E-state index contributed by atoms with van der Waals surface area (Å²) in [6, 6.07) is 0. The third-order valence-corrected chi connectivity index (χ3v) is 3.83. The minimum absolute atomic E-state index is 0.275. The van der Waals surface area contributed by atoms with Gasteiger partial charge < -0.3 is 4.74 Å². The molecule has 0 N–H and O–H groups in total. The molecule has 101 valence electrons. The van der Waals surface area contributed by atoms with Gasteiger partial charge in [-0.2, -0.15) is 0 Å². The van der Waals surface area contributed by atoms with Gasteiger partial charge in [-0.15, -0.1) is 0 Å². The molecule has 0 bridgehead atoms. The summed E-state index contributed by atoms with van der Waals surface area (Å²) in [5.41, 5.74) is -0.120. The first-order valence-electron chi connectivity index (χ1n) is 6.14. The molecule has 1 aliphatic heterocycles. The van der Waals surface area contributed by atoms with Crippen molar-refractivity contribution in [3.8, 4) is 0 Å². The van der Waals surface area contributed by atoms with E-state index >= 15 is 0 Å². The number of imidazole rings is 1. The largest absolute Gasteiger partial charge is 0.381 e. The Kier molecular flexibility index (Phi) is 2.85. The van der Waals surface area contributed by atoms with E-state index in [1.807, 2.05) is 0 Å². The van der Waals surface area contributed by atoms with Crippen molar-refractivity contribution in [3.05, 3.63) is 23.0 Å². The summed E-state index contributed by atoms with van der Waals surface area (Å²) in [4.78, 5) is 20.2. The lowest BCUT2D eigenvalue weighted by Gasteiger charge is -2.35. The lowest BCUT2D eigenvalue weighted by molar-refractivity contribution is 0.00868. The van der Waals surface area contributed by atoms with Crippen LogP contribution in [0.15, 0.2) is 11.0 Å². The van der Waals surface area contributed by atoms with E-state index in [4.69, 9.17) is 4.74 Å². The molecule has 7 heteroatoms. The Hall–Kier alpha value is -1.76. The first kappa shape index (κ1) is 12.3. The highest BCUT2D eigenvalue weighted by atomic mass is 19.1. The van der Waals surface area contributed by atoms with Crippen LogP contribution in [-0.4, -0.2) is 39.0 Å². The molecule has 1 radical (unpaired) electrons. The van der Waals surface area contributed by atoms with E-state index in [1.165, 1.54) is 15.3 Å². The van der Waals surface area contributed by atoms with Crippen molar-refractivity contribution < 1.29 is 9.13 Å². The molecule has 0 atom stereocenters. The van der Waals surface area contributed by atoms with E-state index in [1.54, 1.807) is 7.05 Å². The molecule has 3 heterocycles. The van der Waals surface area contributed by atoms with Crippen LogP contribution in [0.1, 0.15) is 12.8 Å². The molecule has 0 spiro atoms. The van der Waals surface area contributed by atoms with Crippen molar-refractivity contribution in [2.75, 3.05) is 19.9 Å². The van der Waals surface area contributed by atoms with Crippen molar-refractivity contribution in [2.24, 2.45) is 7.05 Å². The predicted molar refractivity (Wildman–Crippen MR) is 65.6 cm³/mol. The summed E-state index contributed by atoms with van der Waals surface area (Å²) < 4.78 is 21.8. The molecular weight excluding hydrogens is 251 g/mol. The molecule has 0 amide bonds. The van der Waals surface area contributed by atoms with Crippen molar-refractivity contribution in [1.82, 2.24) is 19.1 Å². The second-order valence-electron chi connectivity index (χ2n) is 4.83. The lowest BCUT2D eigenvalue weighted by Crippen LogP contribution is -2.47. The van der Waals surface area contributed by atoms with Crippen LogP contribution >= 0.6 is 0 Å². The average molecular weight is 265 g/mol. The van der Waals surface area contributed by atoms with Gasteiger partial charge in [-0.3, -0.25) is 9.13 Å². The van der Waals surface area contributed by atoms with Crippen molar-refractivity contribution in [3.63, 3.8) is 0 Å². The molecule has 6 nitrogen and oxygen atoms in total. The first-order chi connectivity index (χ1) is 9.19. The maximum absolute atomic E-state index is 13.7. The number of halogens is 1. The number of alkyl halides is 1. The van der Waals surface area contributed by atoms with Crippen LogP contribution in [0.4, 0.5) is 4.39 Å². The van der Waals surface area contributed by atoms with E-state index in [0.717, 1.165) is 0 Å². The fourth-order valence-corrected chi connectivity index (χ4v) is 2.62. The summed E-state index contributed by atoms with van der Waals surface area (Å²) in [7, 11) is 1.63. The van der Waals surface area contributed by atoms with Gasteiger partial charge in [0.15, 0.2) is 12.0 Å². The standard InChI is InChI=1S/C12H14FN4O2/c1-16-9-6-14-8-15-10(9)17(11(16)18)12(7-13)2-4-19-5-3-12/h6H,2-5,7H2,1H3. The molecule has 2 aromatic rings. The fraction of sp³-hybridized carbons (Fsp3) is 0.583. The van der Waals surface area contributed by atoms with Crippen LogP contribution in [0, 0.1) is 6.33 Å². The van der Waals surface area contributed by atoms with E-state index in [9.17, 15) is 9.18 Å². The number of aromatic nitrogens is 4. The molecule has 1 fully saturated rings. The normalized spacial score (nSPS) is 18.8. The topological polar surface area (TPSA) is 61.9 Å². The van der Waals surface area contributed by atoms with Crippen LogP contribution in [0.2, 0.25) is 0 Å². The molecule has 0 saturated carbocycles. The maximum Gasteiger partial charge on any atom is 0.330 e. The molecule has 2 aromatic heterocycles. The third kappa shape index (κ3) is 1.68. The Morgan fingerprint density at radius 2 is 2.26 bits per heavy atom. The highest BCUT2D eigenvalue weighted by Crippen LogP contribution is 2.30. The zero-order chi connectivity index (χ0) is 13.5. The van der Waals surface area contributed by atoms with Gasteiger partial charge in [0.2, 0.25) is 0 Å². The number of fused-ring (bicyclic) bond motifs is 1. The van der Waals surface area contributed by atoms with Gasteiger partial charge in [0.25, 0.3) is 0 Å². The van der Waals surface area contributed by atoms with Crippen LogP contribution in [0.3, 0.4) is 0 Å². The van der Waals surface area contributed by atoms with Gasteiger partial charge in [0.05, 0.1) is 11.7 Å². The second kappa shape index (κ2) is 4.41. The zero-order valence-corrected chi connectivity index (χ0v) is 10.6. The molecular formula is C12H14FN4O2. The minimum atomic E-state index is -0.864. The maximum atomic E-state index is 13.7. The molecule has 0 aliphatic carbocycles. The highest BCUT2D eigenvalue weighted by molar-refractivity contribution is 5.70. The van der Waals surface area contributed by atoms with Gasteiger partial charge in [-0.05, 0) is 12.8 Å². The van der Waals surface area contributed by atoms with E-state index in [2.05, 4.69) is 16.3 Å². The van der Waals surface area contributed by atoms with Crippen LogP contribution in [0.5, 0.6) is 0 Å². The van der Waals surface area contributed by atoms with Crippen molar-refractivity contribution in [1.29, 1.82) is 0 Å². The van der Waals surface area contributed by atoms with Crippen LogP contribution in [-0.2, 0) is 17.3 Å². The van der Waals surface area contributed by atoms with Crippen molar-refractivity contribution in [2.45, 2.75) is 18.4 Å². The van der Waals surface area contributed by atoms with Crippen LogP contribution < -0.4 is 5.69 Å². The number of hydrogen-bond acceptors (Lipinski definition) is 4. The third-order valence-electron chi connectivity index (χ3n) is 3.83. The van der Waals surface area contributed by atoms with Gasteiger partial charge in [0.1, 0.15) is 12.2 Å². The number of nitrogens with zero attached hydrogens (tertiary/aromatic N) is 4. The van der Waals surface area contributed by atoms with E-state index in [-0.39, 0.29) is 5.69 Å². The van der Waals surface area contributed by atoms with E-state index < -0.39 is 12.2 Å². The predicted octanol–water partition coefficient (Wildman–Crippen LogP) is 0.405. The Bertz CT molecular complexity index is 657. The Labute approximate surface area is 108 Å². The average Bonchev–Trinajstić information content (AvgIpc) is 2.73. The highest BCUT2D eigenvalue weighted by Gasteiger charge is 2.38. The Balaban J connectivity index is 2.29. The van der Waals surface area contributed by atoms with Crippen LogP contribution in [0.25, 0.3) is 11.2 Å². The summed E-state index contributed by atoms with van der Waals surface area (Å²) >= 11 is 0. The summed E-state index contributed by atoms with van der Waals surface area (Å²) in [5.74, 6) is 0. The molecule has 1 saturated heterocycles. The number of ether oxygens (including phenoxy) is 1. The first-order valence-corrected chi connectivity index (χ1v) is 6.14. The molecule has 1 aliphatic rings. The minimum Gasteiger partial charge on any atom is -0.381 e. The second-order valence-corrected chi connectivity index (χ2v) is 4.83. The SMILES string of the molecule is Cn1c(=O)n(C2(CF)CCOCC2)c2n[c]ncc21. The zero-order valence-electron chi connectivity index (χ0n) is 10.6. The van der Waals surface area contributed by atoms with Gasteiger partial charge in [0, 0.05) is 20.3 Å². The number of aryl methyl sites for hydroxylation is 1. The lowest BCUT2D eigenvalue weighted by atomic mass is 9.91. The quantitative estimate of drug-likeness (QED) is 0.789. The van der Waals surface area contributed by atoms with Gasteiger partial charge in [-0.1, -0.05) is 0 Å². The molecule has 19 heavy (non-hydrogen) atoms. The Morgan fingerprint density at radius 3 is 2.95 bits per heavy atom. The summed E-state index contributed by atoms with van der Waals surface area (Å²) in [6.45, 7) is 0.280. The monoisotopic (exact) mass is 265 g/mol. The molecule has 3 rings (SSSR count). The van der Waals surface area contributed by atoms with Crippen molar-refractivity contribution >= 4 is 11.2 Å². The summed E-state index contributed by atoms with van der Waals surface area (Å²) in [5, 5.41) is 0. The van der Waals surface area contributed by atoms with Gasteiger partial charge in [-0.25, -0.2) is 19.2 Å². The number of hydrogen-bond donors (Lipinski definition) is 0. The van der Waals surface area contributed by atoms with Gasteiger partial charge >= 0.3 is 5.69 Å². The number of rotatable bonds is 2. The fourth-order valence-electron chi connectivity index (χ4n) is 2.62.